The van der Waals surface area contributed by atoms with Crippen LogP contribution in [-0.2, 0) is 16.8 Å². The maximum absolute atomic E-state index is 13.2. The minimum absolute atomic E-state index is 0. The summed E-state index contributed by atoms with van der Waals surface area (Å²) in [6, 6.07) is 18.6. The summed E-state index contributed by atoms with van der Waals surface area (Å²) in [5.74, 6) is -1.03. The second-order valence-electron chi connectivity index (χ2n) is 9.41. The molecule has 0 radical (unpaired) electrons. The Labute approximate surface area is 230 Å². The molecule has 1 aliphatic heterocycles. The highest BCUT2D eigenvalue weighted by molar-refractivity contribution is 7.81. The Morgan fingerprint density at radius 3 is 2.26 bits per heavy atom. The van der Waals surface area contributed by atoms with Crippen molar-refractivity contribution in [2.45, 2.75) is 27.2 Å². The molecule has 0 saturated carbocycles. The van der Waals surface area contributed by atoms with E-state index in [4.69, 9.17) is 4.18 Å². The van der Waals surface area contributed by atoms with E-state index in [1.54, 1.807) is 30.3 Å². The van der Waals surface area contributed by atoms with Gasteiger partial charge >= 0.3 is 10.4 Å². The van der Waals surface area contributed by atoms with Gasteiger partial charge in [-0.1, -0.05) is 49.4 Å². The number of nitrogens with one attached hydrogen (secondary N) is 1. The average Bonchev–Trinajstić information content (AvgIpc) is 3.10. The van der Waals surface area contributed by atoms with Crippen LogP contribution in [0, 0.1) is 6.92 Å². The van der Waals surface area contributed by atoms with Crippen molar-refractivity contribution >= 4 is 33.5 Å². The molecule has 0 aliphatic carbocycles. The SMILES string of the molecule is C.Cc1ccc(C(=O)Cc2cccc(OS(=O)(=O)O)c2NC(=O)c2ccc(N3CCCN(C)CC3)cc2)cc1. The third-order valence-electron chi connectivity index (χ3n) is 6.48. The van der Waals surface area contributed by atoms with Gasteiger partial charge in [-0.2, -0.15) is 8.42 Å². The standard InChI is InChI=1S/C28H31N3O6S.CH4/c1-20-7-9-21(10-8-20)25(32)19-23-5-3-6-26(37-38(34,35)36)27(23)29-28(33)22-11-13-24(14-12-22)31-16-4-15-30(2)17-18-31;/h3,5-14H,4,15-19H2,1-2H3,(H,29,33)(H,34,35,36);1H4. The third-order valence-corrected chi connectivity index (χ3v) is 6.88. The van der Waals surface area contributed by atoms with Gasteiger partial charge in [-0.05, 0) is 62.8 Å². The molecule has 2 N–H and O–H groups in total. The molecule has 208 valence electrons. The Morgan fingerprint density at radius 2 is 1.59 bits per heavy atom. The number of carbonyl (C=O) groups excluding carboxylic acids is 2. The van der Waals surface area contributed by atoms with Crippen molar-refractivity contribution in [3.8, 4) is 5.75 Å². The number of hydrogen-bond acceptors (Lipinski definition) is 7. The second kappa shape index (κ2) is 12.9. The van der Waals surface area contributed by atoms with Gasteiger partial charge in [0.2, 0.25) is 0 Å². The monoisotopic (exact) mass is 553 g/mol. The molecule has 3 aromatic carbocycles. The molecule has 39 heavy (non-hydrogen) atoms. The Balaban J connectivity index is 0.00000420. The molecular weight excluding hydrogens is 518 g/mol. The van der Waals surface area contributed by atoms with E-state index < -0.39 is 16.3 Å². The van der Waals surface area contributed by atoms with E-state index in [1.807, 2.05) is 31.2 Å². The number of hydrogen-bond donors (Lipinski definition) is 2. The normalized spacial score (nSPS) is 14.2. The minimum Gasteiger partial charge on any atom is -0.370 e. The highest BCUT2D eigenvalue weighted by Crippen LogP contribution is 2.31. The van der Waals surface area contributed by atoms with E-state index in [0.29, 0.717) is 16.7 Å². The summed E-state index contributed by atoms with van der Waals surface area (Å²) in [6.07, 6.45) is 0.928. The van der Waals surface area contributed by atoms with Crippen molar-refractivity contribution < 1.29 is 26.7 Å². The van der Waals surface area contributed by atoms with Crippen molar-refractivity contribution in [3.63, 3.8) is 0 Å². The highest BCUT2D eigenvalue weighted by atomic mass is 32.3. The van der Waals surface area contributed by atoms with Crippen LogP contribution in [0.2, 0.25) is 0 Å². The average molecular weight is 554 g/mol. The Kier molecular flexibility index (Phi) is 9.85. The van der Waals surface area contributed by atoms with Gasteiger partial charge in [0.1, 0.15) is 0 Å². The molecule has 0 bridgehead atoms. The zero-order valence-corrected chi connectivity index (χ0v) is 22.2. The van der Waals surface area contributed by atoms with Crippen molar-refractivity contribution in [1.29, 1.82) is 0 Å². The van der Waals surface area contributed by atoms with Gasteiger partial charge in [0.15, 0.2) is 11.5 Å². The van der Waals surface area contributed by atoms with Crippen LogP contribution in [0.4, 0.5) is 11.4 Å². The first-order chi connectivity index (χ1) is 18.1. The number of benzene rings is 3. The molecule has 0 aromatic heterocycles. The Hall–Kier alpha value is -3.73. The molecule has 0 spiro atoms. The third kappa shape index (κ3) is 8.13. The fraction of sp³-hybridized carbons (Fsp3) is 0.310. The minimum atomic E-state index is -4.87. The van der Waals surface area contributed by atoms with Gasteiger partial charge in [0, 0.05) is 42.9 Å². The zero-order valence-electron chi connectivity index (χ0n) is 21.4. The quantitative estimate of drug-likeness (QED) is 0.306. The molecule has 1 fully saturated rings. The maximum Gasteiger partial charge on any atom is 0.446 e. The number of para-hydroxylation sites is 1. The first-order valence-corrected chi connectivity index (χ1v) is 13.7. The lowest BCUT2D eigenvalue weighted by Gasteiger charge is -2.23. The molecule has 1 saturated heterocycles. The highest BCUT2D eigenvalue weighted by Gasteiger charge is 2.21. The zero-order chi connectivity index (χ0) is 27.3. The van der Waals surface area contributed by atoms with Crippen molar-refractivity contribution in [2.24, 2.45) is 0 Å². The summed E-state index contributed by atoms with van der Waals surface area (Å²) in [5, 5.41) is 2.69. The molecule has 0 unspecified atom stereocenters. The van der Waals surface area contributed by atoms with Gasteiger partial charge in [-0.15, -0.1) is 0 Å². The van der Waals surface area contributed by atoms with Crippen molar-refractivity contribution in [1.82, 2.24) is 4.90 Å². The summed E-state index contributed by atoms with van der Waals surface area (Å²) >= 11 is 0. The van der Waals surface area contributed by atoms with Crippen LogP contribution in [-0.4, -0.2) is 62.8 Å². The molecule has 10 heteroatoms. The summed E-state index contributed by atoms with van der Waals surface area (Å²) in [4.78, 5) is 30.7. The first-order valence-electron chi connectivity index (χ1n) is 12.3. The lowest BCUT2D eigenvalue weighted by molar-refractivity contribution is 0.0989. The summed E-state index contributed by atoms with van der Waals surface area (Å²) in [5.41, 5.74) is 3.18. The number of likely N-dealkylation sites (N-methyl/N-ethyl adjacent to an activating group) is 1. The van der Waals surface area contributed by atoms with Crippen molar-refractivity contribution in [2.75, 3.05) is 43.4 Å². The van der Waals surface area contributed by atoms with Gasteiger partial charge in [-0.3, -0.25) is 14.1 Å². The predicted molar refractivity (Wildman–Crippen MR) is 153 cm³/mol. The number of ketones is 1. The number of nitrogens with zero attached hydrogens (tertiary/aromatic N) is 2. The van der Waals surface area contributed by atoms with Gasteiger partial charge in [0.05, 0.1) is 5.69 Å². The van der Waals surface area contributed by atoms with Crippen LogP contribution in [0.5, 0.6) is 5.75 Å². The predicted octanol–water partition coefficient (Wildman–Crippen LogP) is 4.63. The number of rotatable bonds is 8. The molecule has 1 amide bonds. The van der Waals surface area contributed by atoms with Crippen LogP contribution >= 0.6 is 0 Å². The second-order valence-corrected chi connectivity index (χ2v) is 10.4. The first kappa shape index (κ1) is 29.8. The number of anilines is 2. The molecule has 9 nitrogen and oxygen atoms in total. The van der Waals surface area contributed by atoms with E-state index in [2.05, 4.69) is 22.2 Å². The molecule has 1 heterocycles. The Bertz CT molecular complexity index is 1410. The van der Waals surface area contributed by atoms with Gasteiger partial charge < -0.3 is 19.3 Å². The van der Waals surface area contributed by atoms with Crippen LogP contribution < -0.4 is 14.4 Å². The number of amides is 1. The maximum atomic E-state index is 13.2. The smallest absolute Gasteiger partial charge is 0.370 e. The van der Waals surface area contributed by atoms with E-state index >= 15 is 0 Å². The molecule has 1 aliphatic rings. The summed E-state index contributed by atoms with van der Waals surface area (Å²) in [6.45, 7) is 5.72. The van der Waals surface area contributed by atoms with Crippen LogP contribution in [0.15, 0.2) is 66.7 Å². The van der Waals surface area contributed by atoms with Crippen LogP contribution in [0.1, 0.15) is 45.7 Å². The fourth-order valence-electron chi connectivity index (χ4n) is 4.38. The Morgan fingerprint density at radius 1 is 0.923 bits per heavy atom. The molecule has 3 aromatic rings. The van der Waals surface area contributed by atoms with Gasteiger partial charge in [-0.25, -0.2) is 0 Å². The largest absolute Gasteiger partial charge is 0.446 e. The molecular formula is C29H35N3O6S. The molecule has 0 atom stereocenters. The van der Waals surface area contributed by atoms with E-state index in [-0.39, 0.29) is 31.1 Å². The fourth-order valence-corrected chi connectivity index (χ4v) is 4.74. The van der Waals surface area contributed by atoms with Gasteiger partial charge in [0.25, 0.3) is 5.91 Å². The van der Waals surface area contributed by atoms with Crippen LogP contribution in [0.3, 0.4) is 0 Å². The summed E-state index contributed by atoms with van der Waals surface area (Å²) in [7, 11) is -2.77. The number of carbonyl (C=O) groups is 2. The van der Waals surface area contributed by atoms with E-state index in [9.17, 15) is 22.6 Å². The lowest BCUT2D eigenvalue weighted by atomic mass is 10.00. The van der Waals surface area contributed by atoms with E-state index in [0.717, 1.165) is 43.9 Å². The topological polar surface area (TPSA) is 116 Å². The van der Waals surface area contributed by atoms with Crippen LogP contribution in [0.25, 0.3) is 0 Å². The lowest BCUT2D eigenvalue weighted by Crippen LogP contribution is -2.28. The molecule has 4 rings (SSSR count). The number of Topliss-reactive ketones (excluding diaryl/α,β-unsaturated/α-hetero) is 1. The van der Waals surface area contributed by atoms with Crippen molar-refractivity contribution in [3.05, 3.63) is 89.0 Å². The van der Waals surface area contributed by atoms with E-state index in [1.165, 1.54) is 12.1 Å². The number of aryl methyl sites for hydroxylation is 1. The summed E-state index contributed by atoms with van der Waals surface area (Å²) < 4.78 is 36.9.